The van der Waals surface area contributed by atoms with Crippen LogP contribution in [-0.2, 0) is 4.79 Å². The molecule has 1 aliphatic rings. The molecule has 0 spiro atoms. The van der Waals surface area contributed by atoms with Crippen LogP contribution in [0, 0.1) is 17.0 Å². The van der Waals surface area contributed by atoms with Crippen LogP contribution < -0.4 is 4.74 Å². The lowest BCUT2D eigenvalue weighted by Crippen LogP contribution is -2.31. The van der Waals surface area contributed by atoms with Gasteiger partial charge < -0.3 is 9.15 Å². The first kappa shape index (κ1) is 19.4. The van der Waals surface area contributed by atoms with Gasteiger partial charge in [0.05, 0.1) is 16.9 Å². The Balaban J connectivity index is 1.56. The minimum absolute atomic E-state index is 0.0346. The zero-order valence-electron chi connectivity index (χ0n) is 16.2. The van der Waals surface area contributed by atoms with Crippen molar-refractivity contribution in [2.45, 2.75) is 19.4 Å². The molecule has 0 saturated carbocycles. The monoisotopic (exact) mass is 405 g/mol. The van der Waals surface area contributed by atoms with Gasteiger partial charge in [0.25, 0.3) is 5.91 Å². The van der Waals surface area contributed by atoms with Gasteiger partial charge in [-0.3, -0.25) is 14.9 Å². The predicted molar refractivity (Wildman–Crippen MR) is 109 cm³/mol. The lowest BCUT2D eigenvalue weighted by Gasteiger charge is -2.19. The van der Waals surface area contributed by atoms with Crippen molar-refractivity contribution in [3.63, 3.8) is 0 Å². The molecule has 0 aliphatic carbocycles. The fourth-order valence-electron chi connectivity index (χ4n) is 3.30. The molecule has 0 unspecified atom stereocenters. The first-order valence-electron chi connectivity index (χ1n) is 9.39. The van der Waals surface area contributed by atoms with E-state index in [0.717, 1.165) is 16.8 Å². The lowest BCUT2D eigenvalue weighted by molar-refractivity contribution is -0.385. The number of hydrogen-bond donors (Lipinski definition) is 0. The summed E-state index contributed by atoms with van der Waals surface area (Å²) < 4.78 is 11.0. The molecular weight excluding hydrogens is 386 g/mol. The molecule has 4 rings (SSSR count). The van der Waals surface area contributed by atoms with Crippen molar-refractivity contribution < 1.29 is 18.9 Å². The van der Waals surface area contributed by atoms with Crippen LogP contribution in [0.4, 0.5) is 5.69 Å². The third-order valence-electron chi connectivity index (χ3n) is 4.84. The standard InChI is InChI=1S/C22H19N3O5/c1-15-8-10-16(11-9-15)17-13-19(21-7-4-12-29-21)24(23-17)22(26)14-30-20-6-3-2-5-18(20)25(27)28/h2-12,19H,13-14H2,1H3/t19-/m1/s1. The van der Waals surface area contributed by atoms with Gasteiger partial charge in [-0.15, -0.1) is 0 Å². The Morgan fingerprint density at radius 3 is 2.67 bits per heavy atom. The van der Waals surface area contributed by atoms with Gasteiger partial charge in [0, 0.05) is 12.5 Å². The summed E-state index contributed by atoms with van der Waals surface area (Å²) in [5, 5.41) is 17.0. The highest BCUT2D eigenvalue weighted by Crippen LogP contribution is 2.33. The molecule has 1 aliphatic heterocycles. The molecule has 0 N–H and O–H groups in total. The Labute approximate surface area is 172 Å². The van der Waals surface area contributed by atoms with Crippen molar-refractivity contribution in [3.05, 3.63) is 93.9 Å². The summed E-state index contributed by atoms with van der Waals surface area (Å²) >= 11 is 0. The zero-order valence-corrected chi connectivity index (χ0v) is 16.2. The van der Waals surface area contributed by atoms with E-state index in [1.54, 1.807) is 30.5 Å². The molecule has 152 valence electrons. The van der Waals surface area contributed by atoms with E-state index in [1.165, 1.54) is 17.1 Å². The van der Waals surface area contributed by atoms with Crippen molar-refractivity contribution in [3.8, 4) is 5.75 Å². The third kappa shape index (κ3) is 3.93. The number of ether oxygens (including phenoxy) is 1. The number of aryl methyl sites for hydroxylation is 1. The molecule has 8 heteroatoms. The minimum Gasteiger partial charge on any atom is -0.477 e. The van der Waals surface area contributed by atoms with Gasteiger partial charge in [0.1, 0.15) is 11.8 Å². The second-order valence-corrected chi connectivity index (χ2v) is 6.90. The second-order valence-electron chi connectivity index (χ2n) is 6.90. The quantitative estimate of drug-likeness (QED) is 0.451. The Morgan fingerprint density at radius 2 is 1.97 bits per heavy atom. The normalized spacial score (nSPS) is 15.7. The fraction of sp³-hybridized carbons (Fsp3) is 0.182. The second kappa shape index (κ2) is 8.20. The van der Waals surface area contributed by atoms with Crippen LogP contribution in [0.5, 0.6) is 5.75 Å². The zero-order chi connectivity index (χ0) is 21.1. The Kier molecular flexibility index (Phi) is 5.30. The van der Waals surface area contributed by atoms with Crippen LogP contribution in [0.1, 0.15) is 29.3 Å². The van der Waals surface area contributed by atoms with E-state index in [-0.39, 0.29) is 18.0 Å². The SMILES string of the molecule is Cc1ccc(C2=NN(C(=O)COc3ccccc3[N+](=O)[O-])[C@@H](c3ccco3)C2)cc1. The highest BCUT2D eigenvalue weighted by molar-refractivity contribution is 6.03. The van der Waals surface area contributed by atoms with E-state index in [9.17, 15) is 14.9 Å². The molecule has 2 aromatic carbocycles. The number of para-hydroxylation sites is 2. The van der Waals surface area contributed by atoms with Crippen LogP contribution >= 0.6 is 0 Å². The number of furan rings is 1. The first-order chi connectivity index (χ1) is 14.5. The number of rotatable bonds is 6. The number of carbonyl (C=O) groups excluding carboxylic acids is 1. The average Bonchev–Trinajstić information content (AvgIpc) is 3.42. The van der Waals surface area contributed by atoms with Crippen molar-refractivity contribution in [1.29, 1.82) is 0 Å². The van der Waals surface area contributed by atoms with Crippen LogP contribution in [0.15, 0.2) is 76.4 Å². The molecule has 2 heterocycles. The number of nitro groups is 1. The van der Waals surface area contributed by atoms with E-state index in [2.05, 4.69) is 5.10 Å². The Hall–Kier alpha value is -3.94. The van der Waals surface area contributed by atoms with E-state index < -0.39 is 16.9 Å². The summed E-state index contributed by atoms with van der Waals surface area (Å²) in [6.45, 7) is 1.62. The largest absolute Gasteiger partial charge is 0.477 e. The molecule has 1 atom stereocenters. The summed E-state index contributed by atoms with van der Waals surface area (Å²) in [7, 11) is 0. The van der Waals surface area contributed by atoms with Gasteiger partial charge in [0.15, 0.2) is 12.4 Å². The smallest absolute Gasteiger partial charge is 0.310 e. The number of benzene rings is 2. The van der Waals surface area contributed by atoms with Gasteiger partial charge in [-0.25, -0.2) is 5.01 Å². The fourth-order valence-corrected chi connectivity index (χ4v) is 3.30. The molecule has 1 amide bonds. The minimum atomic E-state index is -0.547. The number of nitro benzene ring substituents is 1. The molecule has 30 heavy (non-hydrogen) atoms. The van der Waals surface area contributed by atoms with E-state index in [1.807, 2.05) is 31.2 Å². The Morgan fingerprint density at radius 1 is 1.20 bits per heavy atom. The molecule has 3 aromatic rings. The highest BCUT2D eigenvalue weighted by Gasteiger charge is 2.35. The van der Waals surface area contributed by atoms with E-state index >= 15 is 0 Å². The van der Waals surface area contributed by atoms with Gasteiger partial charge >= 0.3 is 5.69 Å². The van der Waals surface area contributed by atoms with E-state index in [4.69, 9.17) is 9.15 Å². The molecule has 1 aromatic heterocycles. The number of amides is 1. The van der Waals surface area contributed by atoms with Gasteiger partial charge in [-0.2, -0.15) is 5.10 Å². The summed E-state index contributed by atoms with van der Waals surface area (Å²) in [5.41, 5.74) is 2.62. The molecule has 0 bridgehead atoms. The van der Waals surface area contributed by atoms with Crippen molar-refractivity contribution in [1.82, 2.24) is 5.01 Å². The van der Waals surface area contributed by atoms with Crippen LogP contribution in [-0.4, -0.2) is 28.2 Å². The van der Waals surface area contributed by atoms with Gasteiger partial charge in [0.2, 0.25) is 0 Å². The van der Waals surface area contributed by atoms with Gasteiger partial charge in [-0.05, 0) is 30.7 Å². The maximum absolute atomic E-state index is 12.9. The van der Waals surface area contributed by atoms with Crippen LogP contribution in [0.3, 0.4) is 0 Å². The van der Waals surface area contributed by atoms with Crippen molar-refractivity contribution in [2.24, 2.45) is 5.10 Å². The topological polar surface area (TPSA) is 98.2 Å². The predicted octanol–water partition coefficient (Wildman–Crippen LogP) is 4.25. The molecule has 0 fully saturated rings. The number of hydrogen-bond acceptors (Lipinski definition) is 6. The van der Waals surface area contributed by atoms with Crippen molar-refractivity contribution >= 4 is 17.3 Å². The number of nitrogens with zero attached hydrogens (tertiary/aromatic N) is 3. The average molecular weight is 405 g/mol. The van der Waals surface area contributed by atoms with Gasteiger partial charge in [-0.1, -0.05) is 42.0 Å². The number of carbonyl (C=O) groups is 1. The molecule has 0 radical (unpaired) electrons. The van der Waals surface area contributed by atoms with Crippen LogP contribution in [0.25, 0.3) is 0 Å². The molecule has 0 saturated heterocycles. The maximum atomic E-state index is 12.9. The molecular formula is C22H19N3O5. The van der Waals surface area contributed by atoms with Crippen LogP contribution in [0.2, 0.25) is 0 Å². The third-order valence-corrected chi connectivity index (χ3v) is 4.84. The summed E-state index contributed by atoms with van der Waals surface area (Å²) in [4.78, 5) is 23.5. The molecule has 8 nitrogen and oxygen atoms in total. The summed E-state index contributed by atoms with van der Waals surface area (Å²) in [6, 6.07) is 17.0. The maximum Gasteiger partial charge on any atom is 0.310 e. The van der Waals surface area contributed by atoms with E-state index in [0.29, 0.717) is 12.2 Å². The van der Waals surface area contributed by atoms with Crippen molar-refractivity contribution in [2.75, 3.05) is 6.61 Å². The lowest BCUT2D eigenvalue weighted by atomic mass is 10.0. The summed E-state index contributed by atoms with van der Waals surface area (Å²) in [6.07, 6.45) is 2.04. The summed E-state index contributed by atoms with van der Waals surface area (Å²) in [5.74, 6) is 0.226. The Bertz CT molecular complexity index is 1090. The highest BCUT2D eigenvalue weighted by atomic mass is 16.6. The first-order valence-corrected chi connectivity index (χ1v) is 9.39. The number of hydrazone groups is 1.